The summed E-state index contributed by atoms with van der Waals surface area (Å²) in [6.45, 7) is 0. The van der Waals surface area contributed by atoms with Crippen LogP contribution in [-0.2, 0) is 0 Å². The number of nitrogens with two attached hydrogens (primary N) is 1. The lowest BCUT2D eigenvalue weighted by atomic mass is 10.2. The molecule has 14 heavy (non-hydrogen) atoms. The molecule has 0 aromatic heterocycles. The normalized spacial score (nSPS) is 9.21. The Labute approximate surface area is 81.3 Å². The Morgan fingerprint density at radius 3 is 2.50 bits per heavy atom. The van der Waals surface area contributed by atoms with Gasteiger partial charge in [0.1, 0.15) is 0 Å². The summed E-state index contributed by atoms with van der Waals surface area (Å²) in [5, 5.41) is 4.39. The number of hydrogen-bond acceptors (Lipinski definition) is 3. The predicted octanol–water partition coefficient (Wildman–Crippen LogP) is 0.338. The van der Waals surface area contributed by atoms with Crippen molar-refractivity contribution in [3.63, 3.8) is 0 Å². The number of rotatable bonds is 1. The number of nitrogen functional groups attached to an aromatic ring is 1. The number of anilines is 1. The standard InChI is InChI=1S/C9H11N3O2/c1-11-9(14)12-8(13)6-4-2-3-5-7(6)10/h2-5H,10H2,1H3,(H2,11,12,13,14). The van der Waals surface area contributed by atoms with E-state index in [0.717, 1.165) is 0 Å². The van der Waals surface area contributed by atoms with Gasteiger partial charge in [0.2, 0.25) is 0 Å². The van der Waals surface area contributed by atoms with Crippen LogP contribution in [0.1, 0.15) is 10.4 Å². The van der Waals surface area contributed by atoms with Crippen molar-refractivity contribution in [2.24, 2.45) is 0 Å². The number of imide groups is 1. The molecule has 0 heterocycles. The molecule has 0 aliphatic heterocycles. The average molecular weight is 193 g/mol. The van der Waals surface area contributed by atoms with Gasteiger partial charge in [-0.1, -0.05) is 12.1 Å². The number of hydrogen-bond donors (Lipinski definition) is 3. The topological polar surface area (TPSA) is 84.2 Å². The van der Waals surface area contributed by atoms with E-state index in [4.69, 9.17) is 5.73 Å². The molecular formula is C9H11N3O2. The van der Waals surface area contributed by atoms with Gasteiger partial charge in [-0.3, -0.25) is 10.1 Å². The average Bonchev–Trinajstić information content (AvgIpc) is 2.18. The van der Waals surface area contributed by atoms with Crippen molar-refractivity contribution in [3.8, 4) is 0 Å². The Bertz CT molecular complexity index is 363. The lowest BCUT2D eigenvalue weighted by Gasteiger charge is -2.04. The molecule has 3 amide bonds. The zero-order valence-electron chi connectivity index (χ0n) is 7.70. The minimum absolute atomic E-state index is 0.288. The largest absolute Gasteiger partial charge is 0.398 e. The third-order valence-electron chi connectivity index (χ3n) is 1.66. The van der Waals surface area contributed by atoms with Crippen LogP contribution >= 0.6 is 0 Å². The highest BCUT2D eigenvalue weighted by molar-refractivity contribution is 6.07. The third-order valence-corrected chi connectivity index (χ3v) is 1.66. The summed E-state index contributed by atoms with van der Waals surface area (Å²) >= 11 is 0. The SMILES string of the molecule is CNC(=O)NC(=O)c1ccccc1N. The Hall–Kier alpha value is -2.04. The molecule has 1 aromatic rings. The third kappa shape index (κ3) is 2.22. The summed E-state index contributed by atoms with van der Waals surface area (Å²) in [5.74, 6) is -0.512. The summed E-state index contributed by atoms with van der Waals surface area (Å²) < 4.78 is 0. The predicted molar refractivity (Wildman–Crippen MR) is 52.8 cm³/mol. The highest BCUT2D eigenvalue weighted by Crippen LogP contribution is 2.09. The highest BCUT2D eigenvalue weighted by atomic mass is 16.2. The first-order valence-electron chi connectivity index (χ1n) is 4.02. The van der Waals surface area contributed by atoms with Crippen molar-refractivity contribution < 1.29 is 9.59 Å². The minimum Gasteiger partial charge on any atom is -0.398 e. The van der Waals surface area contributed by atoms with Crippen molar-refractivity contribution in [1.82, 2.24) is 10.6 Å². The van der Waals surface area contributed by atoms with Gasteiger partial charge in [-0.25, -0.2) is 4.79 Å². The molecule has 0 fully saturated rings. The maximum Gasteiger partial charge on any atom is 0.321 e. The van der Waals surface area contributed by atoms with Gasteiger partial charge in [0.05, 0.1) is 5.56 Å². The van der Waals surface area contributed by atoms with E-state index >= 15 is 0 Å². The number of para-hydroxylation sites is 1. The van der Waals surface area contributed by atoms with E-state index in [-0.39, 0.29) is 5.56 Å². The molecule has 0 spiro atoms. The second-order valence-corrected chi connectivity index (χ2v) is 2.62. The zero-order valence-corrected chi connectivity index (χ0v) is 7.70. The summed E-state index contributed by atoms with van der Waals surface area (Å²) in [4.78, 5) is 22.2. The lowest BCUT2D eigenvalue weighted by molar-refractivity contribution is 0.0965. The Morgan fingerprint density at radius 1 is 1.29 bits per heavy atom. The molecule has 1 aromatic carbocycles. The Kier molecular flexibility index (Phi) is 3.06. The van der Waals surface area contributed by atoms with Gasteiger partial charge in [0.25, 0.3) is 5.91 Å². The maximum atomic E-state index is 11.4. The Balaban J connectivity index is 2.80. The fourth-order valence-corrected chi connectivity index (χ4v) is 0.937. The van der Waals surface area contributed by atoms with Gasteiger partial charge in [0, 0.05) is 12.7 Å². The van der Waals surface area contributed by atoms with Gasteiger partial charge >= 0.3 is 6.03 Å². The first-order valence-corrected chi connectivity index (χ1v) is 4.02. The monoisotopic (exact) mass is 193 g/mol. The van der Waals surface area contributed by atoms with E-state index in [1.54, 1.807) is 24.3 Å². The summed E-state index contributed by atoms with van der Waals surface area (Å²) in [6, 6.07) is 5.98. The van der Waals surface area contributed by atoms with Crippen molar-refractivity contribution in [2.45, 2.75) is 0 Å². The molecule has 5 nitrogen and oxygen atoms in total. The fourth-order valence-electron chi connectivity index (χ4n) is 0.937. The number of carbonyl (C=O) groups excluding carboxylic acids is 2. The number of nitrogens with one attached hydrogen (secondary N) is 2. The van der Waals surface area contributed by atoms with Crippen LogP contribution in [0.4, 0.5) is 10.5 Å². The maximum absolute atomic E-state index is 11.4. The Morgan fingerprint density at radius 2 is 1.93 bits per heavy atom. The van der Waals surface area contributed by atoms with Gasteiger partial charge in [-0.05, 0) is 12.1 Å². The van der Waals surface area contributed by atoms with Gasteiger partial charge < -0.3 is 11.1 Å². The number of amides is 3. The zero-order chi connectivity index (χ0) is 10.6. The second-order valence-electron chi connectivity index (χ2n) is 2.62. The summed E-state index contributed by atoms with van der Waals surface area (Å²) in [6.07, 6.45) is 0. The van der Waals surface area contributed by atoms with Crippen molar-refractivity contribution in [2.75, 3.05) is 12.8 Å². The van der Waals surface area contributed by atoms with Crippen LogP contribution in [0, 0.1) is 0 Å². The quantitative estimate of drug-likeness (QED) is 0.562. The van der Waals surface area contributed by atoms with Crippen LogP contribution < -0.4 is 16.4 Å². The van der Waals surface area contributed by atoms with E-state index in [1.807, 2.05) is 0 Å². The molecular weight excluding hydrogens is 182 g/mol. The van der Waals surface area contributed by atoms with Gasteiger partial charge in [-0.15, -0.1) is 0 Å². The summed E-state index contributed by atoms with van der Waals surface area (Å²) in [5.41, 5.74) is 6.18. The summed E-state index contributed by atoms with van der Waals surface area (Å²) in [7, 11) is 1.43. The number of carbonyl (C=O) groups is 2. The molecule has 4 N–H and O–H groups in total. The number of urea groups is 1. The molecule has 0 atom stereocenters. The molecule has 0 saturated heterocycles. The second kappa shape index (κ2) is 4.27. The molecule has 1 rings (SSSR count). The lowest BCUT2D eigenvalue weighted by Crippen LogP contribution is -2.37. The van der Waals surface area contributed by atoms with Crippen molar-refractivity contribution in [1.29, 1.82) is 0 Å². The molecule has 0 aliphatic carbocycles. The van der Waals surface area contributed by atoms with Gasteiger partial charge in [0.15, 0.2) is 0 Å². The molecule has 0 unspecified atom stereocenters. The van der Waals surface area contributed by atoms with Crippen LogP contribution in [0.5, 0.6) is 0 Å². The highest BCUT2D eigenvalue weighted by Gasteiger charge is 2.10. The van der Waals surface area contributed by atoms with Crippen LogP contribution in [0.25, 0.3) is 0 Å². The van der Waals surface area contributed by atoms with E-state index < -0.39 is 11.9 Å². The van der Waals surface area contributed by atoms with E-state index in [1.165, 1.54) is 7.05 Å². The molecule has 0 radical (unpaired) electrons. The van der Waals surface area contributed by atoms with E-state index in [0.29, 0.717) is 5.69 Å². The smallest absolute Gasteiger partial charge is 0.321 e. The van der Waals surface area contributed by atoms with Crippen LogP contribution in [0.2, 0.25) is 0 Å². The van der Waals surface area contributed by atoms with E-state index in [2.05, 4.69) is 10.6 Å². The fraction of sp³-hybridized carbons (Fsp3) is 0.111. The molecule has 5 heteroatoms. The van der Waals surface area contributed by atoms with Crippen molar-refractivity contribution >= 4 is 17.6 Å². The van der Waals surface area contributed by atoms with E-state index in [9.17, 15) is 9.59 Å². The molecule has 0 saturated carbocycles. The van der Waals surface area contributed by atoms with Crippen molar-refractivity contribution in [3.05, 3.63) is 29.8 Å². The van der Waals surface area contributed by atoms with Crippen LogP contribution in [-0.4, -0.2) is 19.0 Å². The molecule has 0 bridgehead atoms. The number of benzene rings is 1. The van der Waals surface area contributed by atoms with Gasteiger partial charge in [-0.2, -0.15) is 0 Å². The molecule has 0 aliphatic rings. The first-order chi connectivity index (χ1) is 6.65. The minimum atomic E-state index is -0.557. The first kappa shape index (κ1) is 10.0. The molecule has 74 valence electrons. The van der Waals surface area contributed by atoms with Crippen LogP contribution in [0.15, 0.2) is 24.3 Å². The van der Waals surface area contributed by atoms with Crippen LogP contribution in [0.3, 0.4) is 0 Å².